The summed E-state index contributed by atoms with van der Waals surface area (Å²) in [5, 5.41) is 6.00. The molecule has 1 amide bonds. The summed E-state index contributed by atoms with van der Waals surface area (Å²) >= 11 is 3.48. The third kappa shape index (κ3) is 3.48. The molecule has 0 saturated carbocycles. The number of fused-ring (bicyclic) bond motifs is 1. The van der Waals surface area contributed by atoms with E-state index in [2.05, 4.69) is 26.5 Å². The lowest BCUT2D eigenvalue weighted by Gasteiger charge is -2.05. The zero-order valence-electron chi connectivity index (χ0n) is 12.6. The fourth-order valence-electron chi connectivity index (χ4n) is 2.34. The molecule has 114 valence electrons. The van der Waals surface area contributed by atoms with Crippen LogP contribution in [0.15, 0.2) is 70.2 Å². The number of hydrogen-bond acceptors (Lipinski definition) is 2. The number of hydrogen-bond donors (Lipinski definition) is 1. The quantitative estimate of drug-likeness (QED) is 0.530. The second-order valence-corrected chi connectivity index (χ2v) is 6.09. The predicted molar refractivity (Wildman–Crippen MR) is 97.9 cm³/mol. The highest BCUT2D eigenvalue weighted by Gasteiger charge is 2.08. The first kappa shape index (κ1) is 15.4. The molecule has 0 atom stereocenters. The average Bonchev–Trinajstić information content (AvgIpc) is 2.57. The molecule has 23 heavy (non-hydrogen) atoms. The van der Waals surface area contributed by atoms with E-state index < -0.39 is 0 Å². The first-order chi connectivity index (χ1) is 11.1. The topological polar surface area (TPSA) is 41.5 Å². The van der Waals surface area contributed by atoms with Gasteiger partial charge in [0.2, 0.25) is 0 Å². The highest BCUT2D eigenvalue weighted by molar-refractivity contribution is 9.10. The second-order valence-electron chi connectivity index (χ2n) is 5.23. The number of carbonyl (C=O) groups is 1. The molecule has 0 fully saturated rings. The number of nitrogens with zero attached hydrogens (tertiary/aromatic N) is 1. The molecule has 0 radical (unpaired) electrons. The molecule has 0 aliphatic rings. The van der Waals surface area contributed by atoms with Crippen LogP contribution in [-0.4, -0.2) is 12.1 Å². The molecule has 3 aromatic rings. The number of hydrazone groups is 1. The van der Waals surface area contributed by atoms with Crippen LogP contribution >= 0.6 is 15.9 Å². The number of halogens is 1. The lowest BCUT2D eigenvalue weighted by Crippen LogP contribution is -2.17. The van der Waals surface area contributed by atoms with Crippen LogP contribution in [0.2, 0.25) is 0 Å². The highest BCUT2D eigenvalue weighted by atomic mass is 79.9. The number of benzene rings is 3. The van der Waals surface area contributed by atoms with E-state index in [-0.39, 0.29) is 5.91 Å². The molecule has 0 unspecified atom stereocenters. The van der Waals surface area contributed by atoms with E-state index >= 15 is 0 Å². The van der Waals surface area contributed by atoms with Crippen molar-refractivity contribution >= 4 is 38.8 Å². The van der Waals surface area contributed by atoms with Gasteiger partial charge in [-0.05, 0) is 41.0 Å². The zero-order chi connectivity index (χ0) is 16.2. The van der Waals surface area contributed by atoms with Gasteiger partial charge in [-0.25, -0.2) is 5.43 Å². The van der Waals surface area contributed by atoms with Crippen LogP contribution < -0.4 is 5.43 Å². The van der Waals surface area contributed by atoms with Crippen molar-refractivity contribution in [3.63, 3.8) is 0 Å². The Balaban J connectivity index is 1.78. The van der Waals surface area contributed by atoms with Gasteiger partial charge in [-0.1, -0.05) is 64.5 Å². The Morgan fingerprint density at radius 1 is 1.09 bits per heavy atom. The Kier molecular flexibility index (Phi) is 4.53. The minimum absolute atomic E-state index is 0.218. The first-order valence-electron chi connectivity index (χ1n) is 7.22. The van der Waals surface area contributed by atoms with Crippen molar-refractivity contribution in [3.8, 4) is 0 Å². The molecular weight excluding hydrogens is 352 g/mol. The fraction of sp³-hybridized carbons (Fsp3) is 0.0526. The van der Waals surface area contributed by atoms with Gasteiger partial charge in [-0.3, -0.25) is 4.79 Å². The maximum absolute atomic E-state index is 12.3. The Hall–Kier alpha value is -2.46. The van der Waals surface area contributed by atoms with Crippen molar-refractivity contribution in [2.45, 2.75) is 6.92 Å². The normalized spacial score (nSPS) is 11.0. The molecule has 0 bridgehead atoms. The lowest BCUT2D eigenvalue weighted by molar-refractivity contribution is 0.0957. The molecule has 3 aromatic carbocycles. The second kappa shape index (κ2) is 6.75. The monoisotopic (exact) mass is 366 g/mol. The summed E-state index contributed by atoms with van der Waals surface area (Å²) in [6.07, 6.45) is 1.63. The highest BCUT2D eigenvalue weighted by Crippen LogP contribution is 2.18. The summed E-state index contributed by atoms with van der Waals surface area (Å²) in [7, 11) is 0. The third-order valence-electron chi connectivity index (χ3n) is 3.61. The van der Waals surface area contributed by atoms with E-state index in [9.17, 15) is 4.79 Å². The molecule has 0 saturated heterocycles. The van der Waals surface area contributed by atoms with Crippen LogP contribution in [0.25, 0.3) is 10.8 Å². The molecule has 0 heterocycles. The smallest absolute Gasteiger partial charge is 0.267 e. The number of amides is 1. The minimum atomic E-state index is -0.218. The van der Waals surface area contributed by atoms with Crippen molar-refractivity contribution in [1.82, 2.24) is 5.43 Å². The number of carbonyl (C=O) groups excluding carboxylic acids is 1. The molecule has 3 nitrogen and oxygen atoms in total. The number of rotatable bonds is 3. The van der Waals surface area contributed by atoms with Gasteiger partial charge in [-0.2, -0.15) is 5.10 Å². The Labute approximate surface area is 143 Å². The molecule has 1 N–H and O–H groups in total. The van der Waals surface area contributed by atoms with Gasteiger partial charge >= 0.3 is 0 Å². The molecule has 0 aliphatic heterocycles. The summed E-state index contributed by atoms with van der Waals surface area (Å²) in [6.45, 7) is 2.02. The summed E-state index contributed by atoms with van der Waals surface area (Å²) in [5.74, 6) is -0.218. The van der Waals surface area contributed by atoms with E-state index in [1.165, 1.54) is 0 Å². The largest absolute Gasteiger partial charge is 0.271 e. The lowest BCUT2D eigenvalue weighted by atomic mass is 10.0. The van der Waals surface area contributed by atoms with Gasteiger partial charge in [0.05, 0.1) is 6.21 Å². The summed E-state index contributed by atoms with van der Waals surface area (Å²) < 4.78 is 1.02. The fourth-order valence-corrected chi connectivity index (χ4v) is 2.73. The van der Waals surface area contributed by atoms with Crippen LogP contribution in [0, 0.1) is 6.92 Å². The SMILES string of the molecule is Cc1ccc(/C=N/NC(=O)c2cccc3ccccc23)cc1Br. The van der Waals surface area contributed by atoms with E-state index in [4.69, 9.17) is 0 Å². The number of nitrogens with one attached hydrogen (secondary N) is 1. The Bertz CT molecular complexity index is 898. The maximum atomic E-state index is 12.3. The number of aryl methyl sites for hydroxylation is 1. The standard InChI is InChI=1S/C19H15BrN2O/c1-13-9-10-14(11-18(13)20)12-21-22-19(23)17-8-4-6-15-5-2-3-7-16(15)17/h2-12H,1H3,(H,22,23)/b21-12+. The molecule has 0 spiro atoms. The zero-order valence-corrected chi connectivity index (χ0v) is 14.2. The van der Waals surface area contributed by atoms with E-state index in [1.807, 2.05) is 61.5 Å². The predicted octanol–water partition coefficient (Wildman–Crippen LogP) is 4.67. The van der Waals surface area contributed by atoms with Gasteiger partial charge in [0.1, 0.15) is 0 Å². The van der Waals surface area contributed by atoms with E-state index in [1.54, 1.807) is 12.3 Å². The van der Waals surface area contributed by atoms with Crippen molar-refractivity contribution in [3.05, 3.63) is 81.8 Å². The van der Waals surface area contributed by atoms with Gasteiger partial charge < -0.3 is 0 Å². The molecule has 0 aliphatic carbocycles. The van der Waals surface area contributed by atoms with Crippen LogP contribution in [-0.2, 0) is 0 Å². The summed E-state index contributed by atoms with van der Waals surface area (Å²) in [6, 6.07) is 19.4. The van der Waals surface area contributed by atoms with Crippen LogP contribution in [0.3, 0.4) is 0 Å². The van der Waals surface area contributed by atoms with Crippen molar-refractivity contribution in [1.29, 1.82) is 0 Å². The van der Waals surface area contributed by atoms with Crippen LogP contribution in [0.4, 0.5) is 0 Å². The van der Waals surface area contributed by atoms with E-state index in [0.717, 1.165) is 26.4 Å². The molecule has 4 heteroatoms. The van der Waals surface area contributed by atoms with Crippen molar-refractivity contribution in [2.24, 2.45) is 5.10 Å². The molecular formula is C19H15BrN2O. The van der Waals surface area contributed by atoms with Crippen LogP contribution in [0.5, 0.6) is 0 Å². The molecule has 0 aromatic heterocycles. The average molecular weight is 367 g/mol. The Morgan fingerprint density at radius 2 is 1.87 bits per heavy atom. The molecule has 3 rings (SSSR count). The first-order valence-corrected chi connectivity index (χ1v) is 8.02. The third-order valence-corrected chi connectivity index (χ3v) is 4.46. The minimum Gasteiger partial charge on any atom is -0.267 e. The van der Waals surface area contributed by atoms with Gasteiger partial charge in [0.15, 0.2) is 0 Å². The van der Waals surface area contributed by atoms with Crippen LogP contribution in [0.1, 0.15) is 21.5 Å². The summed E-state index contributed by atoms with van der Waals surface area (Å²) in [4.78, 5) is 12.3. The van der Waals surface area contributed by atoms with Gasteiger partial charge in [0, 0.05) is 10.0 Å². The van der Waals surface area contributed by atoms with Crippen molar-refractivity contribution in [2.75, 3.05) is 0 Å². The van der Waals surface area contributed by atoms with Gasteiger partial charge in [0.25, 0.3) is 5.91 Å². The van der Waals surface area contributed by atoms with Crippen molar-refractivity contribution < 1.29 is 4.79 Å². The summed E-state index contributed by atoms with van der Waals surface area (Å²) in [5.41, 5.74) is 5.28. The Morgan fingerprint density at radius 3 is 2.70 bits per heavy atom. The maximum Gasteiger partial charge on any atom is 0.271 e. The van der Waals surface area contributed by atoms with Gasteiger partial charge in [-0.15, -0.1) is 0 Å². The van der Waals surface area contributed by atoms with E-state index in [0.29, 0.717) is 5.56 Å².